The van der Waals surface area contributed by atoms with Crippen LogP contribution in [0.4, 0.5) is 17.1 Å². The molecule has 0 aliphatic rings. The van der Waals surface area contributed by atoms with Crippen LogP contribution in [0.15, 0.2) is 64.6 Å². The van der Waals surface area contributed by atoms with Crippen molar-refractivity contribution in [3.05, 3.63) is 81.4 Å². The molecule has 0 bridgehead atoms. The number of nitro benzene ring substituents is 1. The van der Waals surface area contributed by atoms with E-state index in [-0.39, 0.29) is 16.3 Å². The molecule has 0 fully saturated rings. The SMILES string of the molecule is COc1ccc(O)c(/C=N/Nc2ccc([N+](=O)[O-])cc2S(=O)(=O)Nc2ccc(C)cc2C)c1. The highest BCUT2D eigenvalue weighted by molar-refractivity contribution is 7.92. The number of hydrogen-bond donors (Lipinski definition) is 3. The van der Waals surface area contributed by atoms with Gasteiger partial charge in [0.15, 0.2) is 0 Å². The Morgan fingerprint density at radius 2 is 1.79 bits per heavy atom. The van der Waals surface area contributed by atoms with Crippen molar-refractivity contribution < 1.29 is 23.2 Å². The lowest BCUT2D eigenvalue weighted by molar-refractivity contribution is -0.385. The largest absolute Gasteiger partial charge is 0.507 e. The smallest absolute Gasteiger partial charge is 0.270 e. The van der Waals surface area contributed by atoms with Crippen LogP contribution in [0, 0.1) is 24.0 Å². The van der Waals surface area contributed by atoms with Crippen LogP contribution in [0.3, 0.4) is 0 Å². The minimum Gasteiger partial charge on any atom is -0.507 e. The fourth-order valence-corrected chi connectivity index (χ4v) is 4.31. The van der Waals surface area contributed by atoms with Crippen LogP contribution in [-0.2, 0) is 10.0 Å². The molecule has 0 aliphatic heterocycles. The van der Waals surface area contributed by atoms with Gasteiger partial charge in [0.05, 0.1) is 29.6 Å². The van der Waals surface area contributed by atoms with Gasteiger partial charge in [-0.3, -0.25) is 20.3 Å². The maximum atomic E-state index is 13.1. The molecular formula is C22H22N4O6S. The fraction of sp³-hybridized carbons (Fsp3) is 0.136. The fourth-order valence-electron chi connectivity index (χ4n) is 3.00. The number of aromatic hydroxyl groups is 1. The van der Waals surface area contributed by atoms with E-state index in [1.54, 1.807) is 25.1 Å². The Hall–Kier alpha value is -4.12. The van der Waals surface area contributed by atoms with Gasteiger partial charge >= 0.3 is 0 Å². The van der Waals surface area contributed by atoms with Gasteiger partial charge in [-0.1, -0.05) is 17.7 Å². The second kappa shape index (κ2) is 9.57. The van der Waals surface area contributed by atoms with Crippen LogP contribution in [0.5, 0.6) is 11.5 Å². The number of hydrazone groups is 1. The highest BCUT2D eigenvalue weighted by atomic mass is 32.2. The van der Waals surface area contributed by atoms with Gasteiger partial charge in [0.25, 0.3) is 15.7 Å². The van der Waals surface area contributed by atoms with Crippen LogP contribution in [0.25, 0.3) is 0 Å². The Morgan fingerprint density at radius 3 is 2.45 bits per heavy atom. The summed E-state index contributed by atoms with van der Waals surface area (Å²) in [4.78, 5) is 10.2. The molecule has 0 saturated carbocycles. The number of aryl methyl sites for hydroxylation is 2. The van der Waals surface area contributed by atoms with Gasteiger partial charge in [0.1, 0.15) is 16.4 Å². The van der Waals surface area contributed by atoms with Gasteiger partial charge in [-0.25, -0.2) is 8.42 Å². The number of sulfonamides is 1. The molecule has 0 unspecified atom stereocenters. The first-order valence-electron chi connectivity index (χ1n) is 9.65. The summed E-state index contributed by atoms with van der Waals surface area (Å²) in [5, 5.41) is 25.2. The topological polar surface area (TPSA) is 143 Å². The van der Waals surface area contributed by atoms with E-state index in [0.717, 1.165) is 17.7 Å². The molecule has 0 spiro atoms. The minimum atomic E-state index is -4.21. The lowest BCUT2D eigenvalue weighted by atomic mass is 10.1. The summed E-state index contributed by atoms with van der Waals surface area (Å²) in [5.74, 6) is 0.430. The summed E-state index contributed by atoms with van der Waals surface area (Å²) in [6, 6.07) is 13.1. The highest BCUT2D eigenvalue weighted by Crippen LogP contribution is 2.29. The summed E-state index contributed by atoms with van der Waals surface area (Å²) in [7, 11) is -2.73. The number of nitrogens with zero attached hydrogens (tertiary/aromatic N) is 2. The van der Waals surface area contributed by atoms with Crippen LogP contribution in [-0.4, -0.2) is 31.8 Å². The standard InChI is InChI=1S/C22H22N4O6S/c1-14-4-7-19(15(2)10-14)25-33(30,31)22-12-17(26(28)29)5-8-20(22)24-23-13-16-11-18(32-3)6-9-21(16)27/h4-13,24-25,27H,1-3H3/b23-13+. The van der Waals surface area contributed by atoms with Gasteiger partial charge < -0.3 is 9.84 Å². The Balaban J connectivity index is 1.97. The van der Waals surface area contributed by atoms with E-state index >= 15 is 0 Å². The first-order chi connectivity index (χ1) is 15.6. The molecule has 3 aromatic rings. The molecule has 0 aliphatic carbocycles. The molecule has 33 heavy (non-hydrogen) atoms. The van der Waals surface area contributed by atoms with Crippen LogP contribution in [0.2, 0.25) is 0 Å². The van der Waals surface area contributed by atoms with Gasteiger partial charge in [-0.2, -0.15) is 5.10 Å². The molecule has 11 heteroatoms. The van der Waals surface area contributed by atoms with Crippen molar-refractivity contribution in [3.8, 4) is 11.5 Å². The number of rotatable bonds is 8. The van der Waals surface area contributed by atoms with Gasteiger partial charge in [-0.15, -0.1) is 0 Å². The zero-order chi connectivity index (χ0) is 24.2. The molecule has 10 nitrogen and oxygen atoms in total. The minimum absolute atomic E-state index is 0.0106. The molecule has 0 atom stereocenters. The van der Waals surface area contributed by atoms with Crippen molar-refractivity contribution in [1.82, 2.24) is 0 Å². The van der Waals surface area contributed by atoms with Gasteiger partial charge in [0, 0.05) is 17.7 Å². The van der Waals surface area contributed by atoms with Crippen molar-refractivity contribution in [2.24, 2.45) is 5.10 Å². The summed E-state index contributed by atoms with van der Waals surface area (Å²) < 4.78 is 33.8. The number of ether oxygens (including phenoxy) is 1. The average Bonchev–Trinajstić information content (AvgIpc) is 2.77. The zero-order valence-corrected chi connectivity index (χ0v) is 18.9. The third kappa shape index (κ3) is 5.57. The van der Waals surface area contributed by atoms with Crippen LogP contribution >= 0.6 is 0 Å². The van der Waals surface area contributed by atoms with Crippen LogP contribution < -0.4 is 14.9 Å². The quantitative estimate of drug-likeness (QED) is 0.255. The van der Waals surface area contributed by atoms with E-state index < -0.39 is 20.6 Å². The van der Waals surface area contributed by atoms with Crippen LogP contribution in [0.1, 0.15) is 16.7 Å². The lowest BCUT2D eigenvalue weighted by Gasteiger charge is -2.14. The first-order valence-corrected chi connectivity index (χ1v) is 11.1. The number of nitrogens with one attached hydrogen (secondary N) is 2. The summed E-state index contributed by atoms with van der Waals surface area (Å²) in [6.45, 7) is 3.63. The number of phenolic OH excluding ortho intramolecular Hbond substituents is 1. The molecule has 3 aromatic carbocycles. The van der Waals surface area contributed by atoms with E-state index in [4.69, 9.17) is 4.74 Å². The number of nitro groups is 1. The number of phenols is 1. The van der Waals surface area contributed by atoms with E-state index in [2.05, 4.69) is 15.2 Å². The monoisotopic (exact) mass is 470 g/mol. The summed E-state index contributed by atoms with van der Waals surface area (Å²) in [6.07, 6.45) is 1.27. The second-order valence-corrected chi connectivity index (χ2v) is 8.81. The third-order valence-corrected chi connectivity index (χ3v) is 6.12. The van der Waals surface area contributed by atoms with Crippen molar-refractivity contribution in [3.63, 3.8) is 0 Å². The van der Waals surface area contributed by atoms with Crippen molar-refractivity contribution in [2.75, 3.05) is 17.3 Å². The maximum Gasteiger partial charge on any atom is 0.270 e. The Bertz CT molecular complexity index is 1340. The number of anilines is 2. The third-order valence-electron chi connectivity index (χ3n) is 4.72. The number of hydrogen-bond acceptors (Lipinski definition) is 8. The molecule has 0 amide bonds. The lowest BCUT2D eigenvalue weighted by Crippen LogP contribution is -2.16. The Kier molecular flexibility index (Phi) is 6.83. The maximum absolute atomic E-state index is 13.1. The molecule has 172 valence electrons. The van der Waals surface area contributed by atoms with Gasteiger partial charge in [-0.05, 0) is 49.7 Å². The summed E-state index contributed by atoms with van der Waals surface area (Å²) >= 11 is 0. The Labute approximate surface area is 190 Å². The second-order valence-electron chi connectivity index (χ2n) is 7.16. The molecule has 0 aromatic heterocycles. The predicted octanol–water partition coefficient (Wildman–Crippen LogP) is 4.17. The Morgan fingerprint density at radius 1 is 1.06 bits per heavy atom. The van der Waals surface area contributed by atoms with E-state index in [1.807, 2.05) is 13.0 Å². The molecule has 3 N–H and O–H groups in total. The zero-order valence-electron chi connectivity index (χ0n) is 18.1. The number of methoxy groups -OCH3 is 1. The van der Waals surface area contributed by atoms with Crippen molar-refractivity contribution >= 4 is 33.3 Å². The van der Waals surface area contributed by atoms with Gasteiger partial charge in [0.2, 0.25) is 0 Å². The van der Waals surface area contributed by atoms with E-state index in [9.17, 15) is 23.6 Å². The molecular weight excluding hydrogens is 448 g/mol. The summed E-state index contributed by atoms with van der Waals surface area (Å²) in [5.41, 5.74) is 4.53. The number of non-ortho nitro benzene ring substituents is 1. The van der Waals surface area contributed by atoms with E-state index in [0.29, 0.717) is 22.6 Å². The normalized spacial score (nSPS) is 11.4. The first kappa shape index (κ1) is 23.5. The molecule has 0 radical (unpaired) electrons. The average molecular weight is 471 g/mol. The van der Waals surface area contributed by atoms with Crippen molar-refractivity contribution in [1.29, 1.82) is 0 Å². The number of benzene rings is 3. The molecule has 3 rings (SSSR count). The van der Waals surface area contributed by atoms with Crippen molar-refractivity contribution in [2.45, 2.75) is 18.7 Å². The molecule has 0 saturated heterocycles. The van der Waals surface area contributed by atoms with E-state index in [1.165, 1.54) is 31.5 Å². The predicted molar refractivity (Wildman–Crippen MR) is 126 cm³/mol. The molecule has 0 heterocycles. The highest BCUT2D eigenvalue weighted by Gasteiger charge is 2.23.